The van der Waals surface area contributed by atoms with Crippen LogP contribution in [-0.2, 0) is 23.9 Å². The molecule has 0 spiro atoms. The number of anilines is 1. The van der Waals surface area contributed by atoms with Crippen molar-refractivity contribution in [1.82, 2.24) is 0 Å². The van der Waals surface area contributed by atoms with Gasteiger partial charge in [-0.25, -0.2) is 0 Å². The lowest BCUT2D eigenvalue weighted by Gasteiger charge is -2.23. The highest BCUT2D eigenvalue weighted by atomic mass is 16.5. The predicted molar refractivity (Wildman–Crippen MR) is 97.6 cm³/mol. The molecule has 6 nitrogen and oxygen atoms in total. The molecule has 0 N–H and O–H groups in total. The molecule has 0 atom stereocenters. The lowest BCUT2D eigenvalue weighted by molar-refractivity contribution is -0.149. The molecule has 2 rings (SSSR count). The standard InChI is InChI=1S/C20H27NO5/c1-2-25-20(24)14-21(17-11-7-4-8-12-17)18(22)15-26-19(23)13-16-9-5-3-6-10-16/h4,7-8,11-12,16H,2-3,5-6,9-10,13-15H2,1H3. The molecule has 1 fully saturated rings. The summed E-state index contributed by atoms with van der Waals surface area (Å²) in [6.45, 7) is 1.36. The van der Waals surface area contributed by atoms with Crippen LogP contribution in [0.25, 0.3) is 0 Å². The molecule has 0 bridgehead atoms. The van der Waals surface area contributed by atoms with Crippen molar-refractivity contribution in [3.63, 3.8) is 0 Å². The number of hydrogen-bond acceptors (Lipinski definition) is 5. The van der Waals surface area contributed by atoms with Gasteiger partial charge in [-0.2, -0.15) is 0 Å². The monoisotopic (exact) mass is 361 g/mol. The molecule has 0 radical (unpaired) electrons. The number of carbonyl (C=O) groups excluding carboxylic acids is 3. The Hall–Kier alpha value is -2.37. The van der Waals surface area contributed by atoms with E-state index in [1.54, 1.807) is 31.2 Å². The normalized spacial score (nSPS) is 14.5. The van der Waals surface area contributed by atoms with E-state index in [1.807, 2.05) is 6.07 Å². The second-order valence-corrected chi connectivity index (χ2v) is 6.49. The minimum absolute atomic E-state index is 0.211. The summed E-state index contributed by atoms with van der Waals surface area (Å²) in [5, 5.41) is 0. The first-order valence-corrected chi connectivity index (χ1v) is 9.26. The summed E-state index contributed by atoms with van der Waals surface area (Å²) < 4.78 is 10.1. The summed E-state index contributed by atoms with van der Waals surface area (Å²) in [7, 11) is 0. The van der Waals surface area contributed by atoms with Crippen molar-refractivity contribution in [3.05, 3.63) is 30.3 Å². The fourth-order valence-electron chi connectivity index (χ4n) is 3.17. The third-order valence-corrected chi connectivity index (χ3v) is 4.50. The molecule has 1 aliphatic carbocycles. The zero-order valence-corrected chi connectivity index (χ0v) is 15.3. The fraction of sp³-hybridized carbons (Fsp3) is 0.550. The van der Waals surface area contributed by atoms with Crippen molar-refractivity contribution >= 4 is 23.5 Å². The number of esters is 2. The maximum absolute atomic E-state index is 12.5. The molecular formula is C20H27NO5. The second-order valence-electron chi connectivity index (χ2n) is 6.49. The van der Waals surface area contributed by atoms with Crippen LogP contribution in [0.15, 0.2) is 30.3 Å². The molecule has 142 valence electrons. The Bertz CT molecular complexity index is 595. The van der Waals surface area contributed by atoms with E-state index in [4.69, 9.17) is 9.47 Å². The summed E-state index contributed by atoms with van der Waals surface area (Å²) in [5.74, 6) is -0.940. The van der Waals surface area contributed by atoms with Crippen molar-refractivity contribution in [2.24, 2.45) is 5.92 Å². The van der Waals surface area contributed by atoms with Gasteiger partial charge in [0.25, 0.3) is 5.91 Å². The van der Waals surface area contributed by atoms with E-state index in [1.165, 1.54) is 11.3 Å². The highest BCUT2D eigenvalue weighted by Crippen LogP contribution is 2.26. The first-order chi connectivity index (χ1) is 12.6. The molecule has 0 aromatic heterocycles. The summed E-state index contributed by atoms with van der Waals surface area (Å²) in [6.07, 6.45) is 5.97. The van der Waals surface area contributed by atoms with Crippen LogP contribution in [0.2, 0.25) is 0 Å². The molecular weight excluding hydrogens is 334 g/mol. The van der Waals surface area contributed by atoms with Crippen molar-refractivity contribution in [1.29, 1.82) is 0 Å². The Labute approximate surface area is 154 Å². The maximum atomic E-state index is 12.5. The van der Waals surface area contributed by atoms with Gasteiger partial charge in [-0.3, -0.25) is 19.3 Å². The van der Waals surface area contributed by atoms with Crippen LogP contribution in [-0.4, -0.2) is 37.6 Å². The maximum Gasteiger partial charge on any atom is 0.326 e. The average molecular weight is 361 g/mol. The Morgan fingerprint density at radius 3 is 2.35 bits per heavy atom. The molecule has 1 saturated carbocycles. The minimum Gasteiger partial charge on any atom is -0.465 e. The van der Waals surface area contributed by atoms with E-state index >= 15 is 0 Å². The van der Waals surface area contributed by atoms with Crippen molar-refractivity contribution < 1.29 is 23.9 Å². The van der Waals surface area contributed by atoms with Crippen LogP contribution in [0.3, 0.4) is 0 Å². The minimum atomic E-state index is -0.502. The number of rotatable bonds is 8. The van der Waals surface area contributed by atoms with Gasteiger partial charge < -0.3 is 9.47 Å². The van der Waals surface area contributed by atoms with E-state index < -0.39 is 11.9 Å². The van der Waals surface area contributed by atoms with Crippen LogP contribution < -0.4 is 4.90 Å². The number of benzene rings is 1. The van der Waals surface area contributed by atoms with Crippen molar-refractivity contribution in [3.8, 4) is 0 Å². The van der Waals surface area contributed by atoms with E-state index in [-0.39, 0.29) is 25.7 Å². The second kappa shape index (κ2) is 10.6. The lowest BCUT2D eigenvalue weighted by Crippen LogP contribution is -2.39. The molecule has 6 heteroatoms. The third kappa shape index (κ3) is 6.50. The number of ether oxygens (including phenoxy) is 2. The molecule has 0 aliphatic heterocycles. The van der Waals surface area contributed by atoms with E-state index in [0.717, 1.165) is 25.7 Å². The molecule has 0 saturated heterocycles. The van der Waals surface area contributed by atoms with Gasteiger partial charge >= 0.3 is 11.9 Å². The van der Waals surface area contributed by atoms with E-state index in [0.29, 0.717) is 18.0 Å². The highest BCUT2D eigenvalue weighted by Gasteiger charge is 2.23. The molecule has 26 heavy (non-hydrogen) atoms. The summed E-state index contributed by atoms with van der Waals surface area (Å²) in [5.41, 5.74) is 0.564. The van der Waals surface area contributed by atoms with Crippen LogP contribution in [0.4, 0.5) is 5.69 Å². The molecule has 0 heterocycles. The summed E-state index contributed by atoms with van der Waals surface area (Å²) in [6, 6.07) is 8.81. The number of hydrogen-bond donors (Lipinski definition) is 0. The van der Waals surface area contributed by atoms with Gasteiger partial charge in [-0.05, 0) is 37.8 Å². The van der Waals surface area contributed by atoms with E-state index in [9.17, 15) is 14.4 Å². The highest BCUT2D eigenvalue weighted by molar-refractivity contribution is 5.99. The molecule has 1 aromatic rings. The number of nitrogens with zero attached hydrogens (tertiary/aromatic N) is 1. The van der Waals surface area contributed by atoms with Crippen molar-refractivity contribution in [2.75, 3.05) is 24.7 Å². The zero-order valence-electron chi connectivity index (χ0n) is 15.3. The van der Waals surface area contributed by atoms with Crippen LogP contribution in [0.1, 0.15) is 45.4 Å². The summed E-state index contributed by atoms with van der Waals surface area (Å²) in [4.78, 5) is 37.6. The average Bonchev–Trinajstić information content (AvgIpc) is 2.66. The lowest BCUT2D eigenvalue weighted by atomic mass is 9.87. The first kappa shape index (κ1) is 19.9. The van der Waals surface area contributed by atoms with Gasteiger partial charge in [0.15, 0.2) is 6.61 Å². The Balaban J connectivity index is 1.90. The predicted octanol–water partition coefficient (Wildman–Crippen LogP) is 3.10. The Morgan fingerprint density at radius 2 is 1.69 bits per heavy atom. The fourth-order valence-corrected chi connectivity index (χ4v) is 3.17. The smallest absolute Gasteiger partial charge is 0.326 e. The SMILES string of the molecule is CCOC(=O)CN(C(=O)COC(=O)CC1CCCCC1)c1ccccc1. The summed E-state index contributed by atoms with van der Waals surface area (Å²) >= 11 is 0. The van der Waals surface area contributed by atoms with Gasteiger partial charge in [-0.1, -0.05) is 37.5 Å². The van der Waals surface area contributed by atoms with Gasteiger partial charge in [0, 0.05) is 12.1 Å². The molecule has 1 amide bonds. The van der Waals surface area contributed by atoms with Gasteiger partial charge in [0.2, 0.25) is 0 Å². The van der Waals surface area contributed by atoms with E-state index in [2.05, 4.69) is 0 Å². The topological polar surface area (TPSA) is 72.9 Å². The largest absolute Gasteiger partial charge is 0.465 e. The number of para-hydroxylation sites is 1. The van der Waals surface area contributed by atoms with Crippen molar-refractivity contribution in [2.45, 2.75) is 45.4 Å². The van der Waals surface area contributed by atoms with Crippen LogP contribution >= 0.6 is 0 Å². The molecule has 1 aromatic carbocycles. The molecule has 1 aliphatic rings. The third-order valence-electron chi connectivity index (χ3n) is 4.50. The first-order valence-electron chi connectivity index (χ1n) is 9.26. The number of carbonyl (C=O) groups is 3. The van der Waals surface area contributed by atoms with Crippen LogP contribution in [0, 0.1) is 5.92 Å². The number of amides is 1. The Kier molecular flexibility index (Phi) is 8.12. The quantitative estimate of drug-likeness (QED) is 0.665. The Morgan fingerprint density at radius 1 is 1.00 bits per heavy atom. The molecule has 0 unspecified atom stereocenters. The zero-order chi connectivity index (χ0) is 18.8. The van der Waals surface area contributed by atoms with Gasteiger partial charge in [-0.15, -0.1) is 0 Å². The van der Waals surface area contributed by atoms with Gasteiger partial charge in [0.05, 0.1) is 6.61 Å². The van der Waals surface area contributed by atoms with Gasteiger partial charge in [0.1, 0.15) is 6.54 Å². The van der Waals surface area contributed by atoms with Crippen LogP contribution in [0.5, 0.6) is 0 Å².